The van der Waals surface area contributed by atoms with Gasteiger partial charge in [0.2, 0.25) is 0 Å². The Hall–Kier alpha value is -3.23. The molecule has 0 N–H and O–H groups in total. The molecule has 210 valence electrons. The molecule has 2 saturated heterocycles. The molecule has 6 rings (SSSR count). The predicted octanol–water partition coefficient (Wildman–Crippen LogP) is 5.39. The highest BCUT2D eigenvalue weighted by Crippen LogP contribution is 2.43. The van der Waals surface area contributed by atoms with Crippen molar-refractivity contribution in [1.29, 1.82) is 0 Å². The van der Waals surface area contributed by atoms with E-state index in [0.29, 0.717) is 44.7 Å². The van der Waals surface area contributed by atoms with Crippen LogP contribution in [0.25, 0.3) is 11.3 Å². The van der Waals surface area contributed by atoms with Gasteiger partial charge >= 0.3 is 0 Å². The Labute approximate surface area is 240 Å². The second kappa shape index (κ2) is 11.7. The average Bonchev–Trinajstić information content (AvgIpc) is 3.58. The van der Waals surface area contributed by atoms with Crippen LogP contribution in [0, 0.1) is 24.7 Å². The summed E-state index contributed by atoms with van der Waals surface area (Å²) in [6.45, 7) is 8.90. The number of anilines is 1. The Morgan fingerprint density at radius 2 is 1.88 bits per heavy atom. The van der Waals surface area contributed by atoms with Gasteiger partial charge in [-0.05, 0) is 73.4 Å². The fraction of sp³-hybridized carbons (Fsp3) is 0.469. The molecule has 2 aromatic carbocycles. The van der Waals surface area contributed by atoms with Crippen molar-refractivity contribution >= 4 is 28.7 Å². The van der Waals surface area contributed by atoms with Crippen LogP contribution in [0.15, 0.2) is 41.8 Å². The third kappa shape index (κ3) is 5.39. The van der Waals surface area contributed by atoms with E-state index in [9.17, 15) is 9.59 Å². The number of piperidine rings is 1. The first-order valence-electron chi connectivity index (χ1n) is 14.4. The number of fused-ring (bicyclic) bond motifs is 2. The van der Waals surface area contributed by atoms with E-state index < -0.39 is 0 Å². The lowest BCUT2D eigenvalue weighted by Gasteiger charge is -2.35. The normalized spacial score (nSPS) is 22.4. The number of aldehydes is 1. The van der Waals surface area contributed by atoms with Crippen LogP contribution in [0.5, 0.6) is 5.75 Å². The van der Waals surface area contributed by atoms with Crippen molar-refractivity contribution in [3.05, 3.63) is 64.0 Å². The lowest BCUT2D eigenvalue weighted by atomic mass is 9.87. The largest absolute Gasteiger partial charge is 0.488 e. The number of hydrogen-bond acceptors (Lipinski definition) is 7. The summed E-state index contributed by atoms with van der Waals surface area (Å²) in [5.41, 5.74) is 5.99. The number of thiazole rings is 1. The minimum absolute atomic E-state index is 0.0639. The predicted molar refractivity (Wildman–Crippen MR) is 157 cm³/mol. The highest BCUT2D eigenvalue weighted by molar-refractivity contribution is 7.14. The number of hydrogen-bond donors (Lipinski definition) is 0. The molecule has 3 fully saturated rings. The van der Waals surface area contributed by atoms with Crippen LogP contribution in [0.2, 0.25) is 0 Å². The molecule has 2 unspecified atom stereocenters. The monoisotopic (exact) mass is 559 g/mol. The second-order valence-corrected chi connectivity index (χ2v) is 12.1. The number of nitrogens with zero attached hydrogens (tertiary/aromatic N) is 3. The molecule has 2 atom stereocenters. The van der Waals surface area contributed by atoms with Gasteiger partial charge in [-0.25, -0.2) is 4.98 Å². The van der Waals surface area contributed by atoms with Gasteiger partial charge in [0, 0.05) is 48.6 Å². The highest BCUT2D eigenvalue weighted by Gasteiger charge is 2.42. The molecule has 0 spiro atoms. The van der Waals surface area contributed by atoms with Crippen molar-refractivity contribution in [2.45, 2.75) is 39.7 Å². The summed E-state index contributed by atoms with van der Waals surface area (Å²) in [4.78, 5) is 33.8. The maximum Gasteiger partial charge on any atom is 0.254 e. The molecule has 1 aromatic heterocycles. The number of rotatable bonds is 8. The summed E-state index contributed by atoms with van der Waals surface area (Å²) in [5.74, 6) is 1.98. The van der Waals surface area contributed by atoms with Gasteiger partial charge in [0.15, 0.2) is 5.13 Å². The lowest BCUT2D eigenvalue weighted by Crippen LogP contribution is -2.42. The van der Waals surface area contributed by atoms with Crippen molar-refractivity contribution in [2.24, 2.45) is 17.8 Å². The van der Waals surface area contributed by atoms with Crippen molar-refractivity contribution in [2.75, 3.05) is 44.3 Å². The second-order valence-electron chi connectivity index (χ2n) is 11.3. The summed E-state index contributed by atoms with van der Waals surface area (Å²) >= 11 is 1.67. The molecule has 3 aromatic rings. The summed E-state index contributed by atoms with van der Waals surface area (Å²) < 4.78 is 11.8. The van der Waals surface area contributed by atoms with Gasteiger partial charge in [-0.1, -0.05) is 24.6 Å². The van der Waals surface area contributed by atoms with Crippen LogP contribution in [0.4, 0.5) is 5.13 Å². The molecule has 1 amide bonds. The quantitative estimate of drug-likeness (QED) is 0.345. The van der Waals surface area contributed by atoms with E-state index in [0.717, 1.165) is 76.7 Å². The molecule has 1 saturated carbocycles. The van der Waals surface area contributed by atoms with Gasteiger partial charge in [-0.2, -0.15) is 0 Å². The SMILES string of the molecule is CCc1cc(C(=O)N2CCOCC2)ccc1COc1ccc(C)cc1-c1csc(N2CC3CCC(C2)C3C=O)n1. The number of morpholine rings is 1. The molecule has 0 radical (unpaired) electrons. The fourth-order valence-electron chi connectivity index (χ4n) is 6.48. The number of amides is 1. The first-order chi connectivity index (χ1) is 19.5. The molecule has 3 heterocycles. The molecule has 40 heavy (non-hydrogen) atoms. The van der Waals surface area contributed by atoms with Gasteiger partial charge in [0.05, 0.1) is 18.9 Å². The minimum Gasteiger partial charge on any atom is -0.488 e. The van der Waals surface area contributed by atoms with Crippen LogP contribution >= 0.6 is 11.3 Å². The van der Waals surface area contributed by atoms with Crippen LogP contribution in [-0.2, 0) is 22.6 Å². The number of benzene rings is 2. The summed E-state index contributed by atoms with van der Waals surface area (Å²) in [6, 6.07) is 12.2. The van der Waals surface area contributed by atoms with Crippen LogP contribution in [-0.4, -0.2) is 61.5 Å². The van der Waals surface area contributed by atoms with Gasteiger partial charge in [0.1, 0.15) is 18.6 Å². The fourth-order valence-corrected chi connectivity index (χ4v) is 7.33. The first-order valence-corrected chi connectivity index (χ1v) is 15.3. The Morgan fingerprint density at radius 1 is 1.10 bits per heavy atom. The Morgan fingerprint density at radius 3 is 2.60 bits per heavy atom. The van der Waals surface area contributed by atoms with Crippen molar-refractivity contribution in [1.82, 2.24) is 9.88 Å². The van der Waals surface area contributed by atoms with Crippen molar-refractivity contribution < 1.29 is 19.1 Å². The number of aromatic nitrogens is 1. The first kappa shape index (κ1) is 27.0. The maximum absolute atomic E-state index is 13.0. The van der Waals surface area contributed by atoms with E-state index in [1.807, 2.05) is 29.2 Å². The van der Waals surface area contributed by atoms with E-state index in [1.54, 1.807) is 11.3 Å². The van der Waals surface area contributed by atoms with E-state index >= 15 is 0 Å². The number of carbonyl (C=O) groups excluding carboxylic acids is 2. The smallest absolute Gasteiger partial charge is 0.254 e. The molecule has 7 nitrogen and oxygen atoms in total. The Balaban J connectivity index is 1.18. The zero-order valence-electron chi connectivity index (χ0n) is 23.3. The number of carbonyl (C=O) groups is 2. The van der Waals surface area contributed by atoms with Gasteiger partial charge in [-0.15, -0.1) is 11.3 Å². The van der Waals surface area contributed by atoms with E-state index in [2.05, 4.69) is 36.3 Å². The van der Waals surface area contributed by atoms with E-state index in [1.165, 1.54) is 6.29 Å². The maximum atomic E-state index is 13.0. The van der Waals surface area contributed by atoms with Gasteiger partial charge < -0.3 is 24.1 Å². The molecule has 2 bridgehead atoms. The molecular weight excluding hydrogens is 522 g/mol. The topological polar surface area (TPSA) is 72.0 Å². The zero-order valence-corrected chi connectivity index (χ0v) is 24.1. The summed E-state index contributed by atoms with van der Waals surface area (Å²) in [5, 5.41) is 3.14. The van der Waals surface area contributed by atoms with Crippen LogP contribution in [0.3, 0.4) is 0 Å². The standard InChI is InChI=1S/C32H37N3O4S/c1-3-22-15-23(31(37)34-10-12-38-13-11-34)5-8-26(22)19-39-30-9-4-21(2)14-27(30)29-20-40-32(33-29)35-16-24-6-7-25(17-35)28(24)18-36/h4-5,8-9,14-15,18,20,24-25,28H,3,6-7,10-13,16-17,19H2,1-2H3. The van der Waals surface area contributed by atoms with Gasteiger partial charge in [0.25, 0.3) is 5.91 Å². The van der Waals surface area contributed by atoms with E-state index in [4.69, 9.17) is 14.5 Å². The Bertz CT molecular complexity index is 1370. The van der Waals surface area contributed by atoms with Gasteiger partial charge in [-0.3, -0.25) is 4.79 Å². The number of ether oxygens (including phenoxy) is 2. The molecule has 2 aliphatic heterocycles. The van der Waals surface area contributed by atoms with Crippen molar-refractivity contribution in [3.8, 4) is 17.0 Å². The highest BCUT2D eigenvalue weighted by atomic mass is 32.1. The molecule has 3 aliphatic rings. The zero-order chi connectivity index (χ0) is 27.6. The van der Waals surface area contributed by atoms with E-state index in [-0.39, 0.29) is 11.8 Å². The third-order valence-electron chi connectivity index (χ3n) is 8.75. The third-order valence-corrected chi connectivity index (χ3v) is 9.65. The van der Waals surface area contributed by atoms with Crippen molar-refractivity contribution in [3.63, 3.8) is 0 Å². The van der Waals surface area contributed by atoms with Crippen LogP contribution in [0.1, 0.15) is 46.8 Å². The van der Waals surface area contributed by atoms with Crippen LogP contribution < -0.4 is 9.64 Å². The number of aryl methyl sites for hydroxylation is 2. The Kier molecular flexibility index (Phi) is 7.89. The summed E-state index contributed by atoms with van der Waals surface area (Å²) in [6.07, 6.45) is 4.28. The average molecular weight is 560 g/mol. The minimum atomic E-state index is 0.0639. The summed E-state index contributed by atoms with van der Waals surface area (Å²) in [7, 11) is 0. The molecule has 1 aliphatic carbocycles. The molecule has 8 heteroatoms. The lowest BCUT2D eigenvalue weighted by molar-refractivity contribution is -0.113. The molecular formula is C32H37N3O4S.